The van der Waals surface area contributed by atoms with Crippen molar-refractivity contribution in [1.29, 1.82) is 0 Å². The van der Waals surface area contributed by atoms with Gasteiger partial charge in [-0.1, -0.05) is 19.0 Å². The average molecular weight is 516 g/mol. The molecule has 0 radical (unpaired) electrons. The van der Waals surface area contributed by atoms with E-state index in [4.69, 9.17) is 8.94 Å². The van der Waals surface area contributed by atoms with Crippen molar-refractivity contribution in [3.8, 4) is 0 Å². The van der Waals surface area contributed by atoms with E-state index < -0.39 is 0 Å². The number of hydrogen-bond acceptors (Lipinski definition) is 6. The van der Waals surface area contributed by atoms with E-state index in [0.717, 1.165) is 44.3 Å². The van der Waals surface area contributed by atoms with Gasteiger partial charge in [-0.05, 0) is 18.6 Å². The number of nitrogens with zero attached hydrogens (tertiary/aromatic N) is 5. The van der Waals surface area contributed by atoms with Gasteiger partial charge in [-0.15, -0.1) is 24.0 Å². The number of piperazine rings is 1. The number of carbonyl (C=O) groups is 1. The van der Waals surface area contributed by atoms with Crippen LogP contribution in [0.5, 0.6) is 0 Å². The number of aryl methyl sites for hydroxylation is 1. The standard InChI is InChI=1S/C19H28N6O3.HI/c1-14(2)17-22-16(28-23-17)7-4-8-21-19(20-3)25-11-9-24(10-12-25)18(26)15-6-5-13-27-15;/h5-6,13-14H,4,7-12H2,1-3H3,(H,20,21);1H. The molecular weight excluding hydrogens is 487 g/mol. The predicted molar refractivity (Wildman–Crippen MR) is 120 cm³/mol. The highest BCUT2D eigenvalue weighted by Crippen LogP contribution is 2.11. The summed E-state index contributed by atoms with van der Waals surface area (Å²) in [6, 6.07) is 3.43. The first kappa shape index (κ1) is 23.2. The minimum atomic E-state index is -0.0621. The van der Waals surface area contributed by atoms with Crippen molar-refractivity contribution in [3.63, 3.8) is 0 Å². The Kier molecular flexibility index (Phi) is 8.93. The molecule has 10 heteroatoms. The zero-order valence-electron chi connectivity index (χ0n) is 17.1. The van der Waals surface area contributed by atoms with E-state index in [9.17, 15) is 4.79 Å². The molecule has 3 rings (SSSR count). The fourth-order valence-electron chi connectivity index (χ4n) is 3.05. The van der Waals surface area contributed by atoms with Crippen LogP contribution in [0.4, 0.5) is 0 Å². The van der Waals surface area contributed by atoms with E-state index in [-0.39, 0.29) is 35.8 Å². The number of carbonyl (C=O) groups excluding carboxylic acids is 1. The lowest BCUT2D eigenvalue weighted by atomic mass is 10.2. The van der Waals surface area contributed by atoms with Gasteiger partial charge in [0.1, 0.15) is 0 Å². The summed E-state index contributed by atoms with van der Waals surface area (Å²) < 4.78 is 10.5. The molecule has 0 atom stereocenters. The maximum absolute atomic E-state index is 12.3. The van der Waals surface area contributed by atoms with Crippen molar-refractivity contribution >= 4 is 35.8 Å². The number of nitrogens with one attached hydrogen (secondary N) is 1. The minimum Gasteiger partial charge on any atom is -0.459 e. The molecule has 1 saturated heterocycles. The lowest BCUT2D eigenvalue weighted by molar-refractivity contribution is 0.0658. The topological polar surface area (TPSA) is 100 Å². The molecule has 1 amide bonds. The number of amides is 1. The summed E-state index contributed by atoms with van der Waals surface area (Å²) in [4.78, 5) is 25.1. The van der Waals surface area contributed by atoms with Crippen LogP contribution in [0.3, 0.4) is 0 Å². The van der Waals surface area contributed by atoms with E-state index >= 15 is 0 Å². The van der Waals surface area contributed by atoms with Crippen LogP contribution in [0.2, 0.25) is 0 Å². The van der Waals surface area contributed by atoms with Crippen molar-refractivity contribution < 1.29 is 13.7 Å². The number of aromatic nitrogens is 2. The van der Waals surface area contributed by atoms with Crippen molar-refractivity contribution in [2.45, 2.75) is 32.6 Å². The van der Waals surface area contributed by atoms with E-state index in [1.807, 2.05) is 18.7 Å². The number of halogens is 1. The van der Waals surface area contributed by atoms with Gasteiger partial charge in [-0.25, -0.2) is 0 Å². The third-order valence-electron chi connectivity index (χ3n) is 4.66. The maximum Gasteiger partial charge on any atom is 0.289 e. The molecule has 2 aromatic heterocycles. The smallest absolute Gasteiger partial charge is 0.289 e. The van der Waals surface area contributed by atoms with Crippen LogP contribution in [-0.2, 0) is 6.42 Å². The highest BCUT2D eigenvalue weighted by Gasteiger charge is 2.25. The highest BCUT2D eigenvalue weighted by molar-refractivity contribution is 14.0. The molecule has 1 aliphatic heterocycles. The van der Waals surface area contributed by atoms with E-state index in [0.29, 0.717) is 24.7 Å². The lowest BCUT2D eigenvalue weighted by Crippen LogP contribution is -2.53. The zero-order chi connectivity index (χ0) is 19.9. The van der Waals surface area contributed by atoms with Crippen LogP contribution < -0.4 is 5.32 Å². The number of aliphatic imine (C=N–C) groups is 1. The molecule has 160 valence electrons. The Morgan fingerprint density at radius 2 is 2.00 bits per heavy atom. The van der Waals surface area contributed by atoms with Crippen LogP contribution in [-0.4, -0.2) is 71.6 Å². The van der Waals surface area contributed by atoms with Crippen molar-refractivity contribution in [3.05, 3.63) is 35.9 Å². The number of guanidine groups is 1. The molecule has 3 heterocycles. The summed E-state index contributed by atoms with van der Waals surface area (Å²) in [7, 11) is 1.77. The monoisotopic (exact) mass is 516 g/mol. The van der Waals surface area contributed by atoms with Gasteiger partial charge in [0.05, 0.1) is 6.26 Å². The fraction of sp³-hybridized carbons (Fsp3) is 0.579. The Hall–Kier alpha value is -2.11. The molecule has 0 unspecified atom stereocenters. The molecule has 29 heavy (non-hydrogen) atoms. The Bertz CT molecular complexity index is 782. The molecule has 0 aromatic carbocycles. The second-order valence-electron chi connectivity index (χ2n) is 7.04. The quantitative estimate of drug-likeness (QED) is 0.272. The van der Waals surface area contributed by atoms with Gasteiger partial charge in [0.25, 0.3) is 5.91 Å². The molecule has 0 aliphatic carbocycles. The predicted octanol–water partition coefficient (Wildman–Crippen LogP) is 2.37. The molecule has 1 N–H and O–H groups in total. The third-order valence-corrected chi connectivity index (χ3v) is 4.66. The van der Waals surface area contributed by atoms with Gasteiger partial charge in [0, 0.05) is 52.1 Å². The molecule has 0 bridgehead atoms. The molecule has 2 aromatic rings. The van der Waals surface area contributed by atoms with Crippen LogP contribution in [0, 0.1) is 0 Å². The van der Waals surface area contributed by atoms with Gasteiger partial charge in [-0.2, -0.15) is 4.98 Å². The average Bonchev–Trinajstić information content (AvgIpc) is 3.40. The van der Waals surface area contributed by atoms with Crippen LogP contribution >= 0.6 is 24.0 Å². The van der Waals surface area contributed by atoms with Gasteiger partial charge in [0.2, 0.25) is 5.89 Å². The second kappa shape index (κ2) is 11.2. The van der Waals surface area contributed by atoms with Gasteiger partial charge in [0.15, 0.2) is 17.5 Å². The molecule has 0 spiro atoms. The summed E-state index contributed by atoms with van der Waals surface area (Å²) in [5, 5.41) is 7.36. The fourth-order valence-corrected chi connectivity index (χ4v) is 3.05. The molecule has 9 nitrogen and oxygen atoms in total. The summed E-state index contributed by atoms with van der Waals surface area (Å²) in [6.07, 6.45) is 3.12. The molecule has 0 saturated carbocycles. The van der Waals surface area contributed by atoms with Gasteiger partial charge < -0.3 is 24.1 Å². The number of rotatable bonds is 6. The summed E-state index contributed by atoms with van der Waals surface area (Å²) >= 11 is 0. The minimum absolute atomic E-state index is 0. The zero-order valence-corrected chi connectivity index (χ0v) is 19.5. The Labute approximate surface area is 187 Å². The summed E-state index contributed by atoms with van der Waals surface area (Å²) in [6.45, 7) is 7.59. The van der Waals surface area contributed by atoms with Crippen LogP contribution in [0.15, 0.2) is 32.3 Å². The highest BCUT2D eigenvalue weighted by atomic mass is 127. The first-order valence-electron chi connectivity index (χ1n) is 9.69. The SMILES string of the molecule is CN=C(NCCCc1nc(C(C)C)no1)N1CCN(C(=O)c2ccco2)CC1.I. The Morgan fingerprint density at radius 3 is 2.59 bits per heavy atom. The molecule has 1 aliphatic rings. The van der Waals surface area contributed by atoms with E-state index in [1.54, 1.807) is 19.2 Å². The van der Waals surface area contributed by atoms with Gasteiger partial charge >= 0.3 is 0 Å². The largest absolute Gasteiger partial charge is 0.459 e. The summed E-state index contributed by atoms with van der Waals surface area (Å²) in [5.41, 5.74) is 0. The Balaban J connectivity index is 0.00000300. The van der Waals surface area contributed by atoms with Gasteiger partial charge in [-0.3, -0.25) is 9.79 Å². The maximum atomic E-state index is 12.3. The van der Waals surface area contributed by atoms with Crippen LogP contribution in [0.25, 0.3) is 0 Å². The van der Waals surface area contributed by atoms with Crippen molar-refractivity contribution in [2.75, 3.05) is 39.8 Å². The molecular formula is C19H29IN6O3. The van der Waals surface area contributed by atoms with Crippen molar-refractivity contribution in [1.82, 2.24) is 25.3 Å². The van der Waals surface area contributed by atoms with E-state index in [2.05, 4.69) is 25.3 Å². The van der Waals surface area contributed by atoms with Crippen LogP contribution in [0.1, 0.15) is 48.5 Å². The normalized spacial score (nSPS) is 14.8. The first-order chi connectivity index (χ1) is 13.6. The number of hydrogen-bond donors (Lipinski definition) is 1. The lowest BCUT2D eigenvalue weighted by Gasteiger charge is -2.36. The molecule has 1 fully saturated rings. The third kappa shape index (κ3) is 6.18. The van der Waals surface area contributed by atoms with Crippen molar-refractivity contribution in [2.24, 2.45) is 4.99 Å². The first-order valence-corrected chi connectivity index (χ1v) is 9.69. The van der Waals surface area contributed by atoms with E-state index in [1.165, 1.54) is 6.26 Å². The number of furan rings is 1. The Morgan fingerprint density at radius 1 is 1.28 bits per heavy atom. The summed E-state index contributed by atoms with van der Waals surface area (Å²) in [5.74, 6) is 2.86. The second-order valence-corrected chi connectivity index (χ2v) is 7.04.